The van der Waals surface area contributed by atoms with E-state index < -0.39 is 5.82 Å². The lowest BCUT2D eigenvalue weighted by atomic mass is 10.0. The van der Waals surface area contributed by atoms with Gasteiger partial charge in [0.1, 0.15) is 11.6 Å². The molecular weight excluding hydrogens is 509 g/mol. The van der Waals surface area contributed by atoms with Crippen molar-refractivity contribution in [3.8, 4) is 17.1 Å². The van der Waals surface area contributed by atoms with Gasteiger partial charge >= 0.3 is 0 Å². The molecule has 1 saturated heterocycles. The van der Waals surface area contributed by atoms with Crippen LogP contribution in [0.15, 0.2) is 54.9 Å². The second-order valence-corrected chi connectivity index (χ2v) is 10.1. The molecule has 0 unspecified atom stereocenters. The van der Waals surface area contributed by atoms with Crippen molar-refractivity contribution in [2.45, 2.75) is 31.8 Å². The molecule has 38 heavy (non-hydrogen) atoms. The molecule has 1 aromatic heterocycles. The van der Waals surface area contributed by atoms with Gasteiger partial charge in [-0.15, -0.1) is 0 Å². The zero-order valence-corrected chi connectivity index (χ0v) is 21.6. The molecule has 2 bridgehead atoms. The number of hydrogen-bond acceptors (Lipinski definition) is 6. The Labute approximate surface area is 225 Å². The average molecular weight is 538 g/mol. The summed E-state index contributed by atoms with van der Waals surface area (Å²) in [4.78, 5) is 37.3. The van der Waals surface area contributed by atoms with Crippen molar-refractivity contribution >= 4 is 23.4 Å². The molecule has 2 aromatic carbocycles. The first-order chi connectivity index (χ1) is 18.4. The van der Waals surface area contributed by atoms with E-state index in [-0.39, 0.29) is 29.3 Å². The number of aromatic nitrogens is 2. The van der Waals surface area contributed by atoms with E-state index in [1.807, 2.05) is 12.1 Å². The van der Waals surface area contributed by atoms with Crippen molar-refractivity contribution in [2.24, 2.45) is 5.92 Å². The van der Waals surface area contributed by atoms with Crippen LogP contribution in [-0.4, -0.2) is 59.0 Å². The third-order valence-corrected chi connectivity index (χ3v) is 7.06. The largest absolute Gasteiger partial charge is 0.493 e. The van der Waals surface area contributed by atoms with Crippen LogP contribution in [0.3, 0.4) is 0 Å². The Bertz CT molecular complexity index is 1290. The lowest BCUT2D eigenvalue weighted by Crippen LogP contribution is -2.43. The number of amides is 2. The van der Waals surface area contributed by atoms with Crippen molar-refractivity contribution in [3.63, 3.8) is 0 Å². The van der Waals surface area contributed by atoms with Crippen molar-refractivity contribution in [2.75, 3.05) is 26.2 Å². The molecule has 8 nitrogen and oxygen atoms in total. The maximum Gasteiger partial charge on any atom is 0.255 e. The minimum Gasteiger partial charge on any atom is -0.493 e. The Hall–Kier alpha value is -3.56. The monoisotopic (exact) mass is 537 g/mol. The van der Waals surface area contributed by atoms with Crippen molar-refractivity contribution in [3.05, 3.63) is 76.8 Å². The van der Waals surface area contributed by atoms with Gasteiger partial charge in [0.25, 0.3) is 5.91 Å². The summed E-state index contributed by atoms with van der Waals surface area (Å²) >= 11 is 5.98. The first kappa shape index (κ1) is 26.1. The highest BCUT2D eigenvalue weighted by molar-refractivity contribution is 6.30. The van der Waals surface area contributed by atoms with E-state index in [9.17, 15) is 14.0 Å². The van der Waals surface area contributed by atoms with Gasteiger partial charge in [-0.25, -0.2) is 14.4 Å². The first-order valence-electron chi connectivity index (χ1n) is 12.7. The van der Waals surface area contributed by atoms with Crippen LogP contribution in [0.5, 0.6) is 5.75 Å². The summed E-state index contributed by atoms with van der Waals surface area (Å²) in [6.45, 7) is 2.35. The molecule has 3 heterocycles. The van der Waals surface area contributed by atoms with Crippen LogP contribution in [0, 0.1) is 11.7 Å². The topological polar surface area (TPSA) is 96.5 Å². The molecule has 5 rings (SSSR count). The molecular formula is C28H29ClFN5O3. The molecule has 2 amide bonds. The van der Waals surface area contributed by atoms with Crippen molar-refractivity contribution < 1.29 is 18.7 Å². The minimum atomic E-state index is -0.500. The third kappa shape index (κ3) is 6.46. The van der Waals surface area contributed by atoms with Gasteiger partial charge < -0.3 is 15.4 Å². The van der Waals surface area contributed by atoms with Crippen molar-refractivity contribution in [1.29, 1.82) is 0 Å². The number of hydrogen-bond donors (Lipinski definition) is 2. The van der Waals surface area contributed by atoms with Crippen LogP contribution < -0.4 is 15.4 Å². The molecule has 10 heteroatoms. The first-order valence-corrected chi connectivity index (χ1v) is 13.1. The van der Waals surface area contributed by atoms with Crippen LogP contribution in [0.1, 0.15) is 35.2 Å². The van der Waals surface area contributed by atoms with E-state index in [0.29, 0.717) is 68.6 Å². The van der Waals surface area contributed by atoms with Crippen LogP contribution in [0.25, 0.3) is 11.4 Å². The fourth-order valence-corrected chi connectivity index (χ4v) is 4.99. The lowest BCUT2D eigenvalue weighted by Gasteiger charge is -2.26. The summed E-state index contributed by atoms with van der Waals surface area (Å²) in [5.74, 6) is -0.188. The zero-order valence-electron chi connectivity index (χ0n) is 20.8. The molecule has 2 N–H and O–H groups in total. The maximum atomic E-state index is 14.0. The molecule has 0 radical (unpaired) electrons. The fourth-order valence-electron chi connectivity index (χ4n) is 4.87. The lowest BCUT2D eigenvalue weighted by molar-refractivity contribution is -0.125. The number of nitrogens with one attached hydrogen (secondary N) is 2. The number of halogens is 2. The van der Waals surface area contributed by atoms with Crippen LogP contribution in [-0.2, 0) is 11.3 Å². The SMILES string of the molecule is O=C1N[C@@H]2CC[C@@H](CN(Cc3cnc(-c4ccc(Cl)cc4)nc3)C2)C(=O)NCCCOc2ccc(F)cc21. The second kappa shape index (κ2) is 11.9. The van der Waals surface area contributed by atoms with Crippen LogP contribution in [0.4, 0.5) is 4.39 Å². The van der Waals surface area contributed by atoms with Gasteiger partial charge in [0.15, 0.2) is 5.82 Å². The molecule has 3 aromatic rings. The number of benzene rings is 2. The molecule has 2 atom stereocenters. The average Bonchev–Trinajstić information content (AvgIpc) is 3.11. The summed E-state index contributed by atoms with van der Waals surface area (Å²) in [5, 5.41) is 6.71. The minimum absolute atomic E-state index is 0.00385. The predicted octanol–water partition coefficient (Wildman–Crippen LogP) is 3.85. The number of ether oxygens (including phenoxy) is 1. The highest BCUT2D eigenvalue weighted by Crippen LogP contribution is 2.24. The van der Waals surface area contributed by atoms with Crippen LogP contribution >= 0.6 is 11.6 Å². The summed E-state index contributed by atoms with van der Waals surface area (Å²) in [6, 6.07) is 11.1. The third-order valence-electron chi connectivity index (χ3n) is 6.80. The molecule has 0 aliphatic carbocycles. The van der Waals surface area contributed by atoms with Gasteiger partial charge in [-0.3, -0.25) is 14.5 Å². The Balaban J connectivity index is 1.35. The van der Waals surface area contributed by atoms with Gasteiger partial charge in [-0.1, -0.05) is 11.6 Å². The van der Waals surface area contributed by atoms with E-state index in [2.05, 4.69) is 25.5 Å². The summed E-state index contributed by atoms with van der Waals surface area (Å²) in [7, 11) is 0. The molecule has 198 valence electrons. The highest BCUT2D eigenvalue weighted by atomic mass is 35.5. The Kier molecular flexibility index (Phi) is 8.14. The fraction of sp³-hybridized carbons (Fsp3) is 0.357. The molecule has 1 fully saturated rings. The number of carbonyl (C=O) groups is 2. The molecule has 2 aliphatic heterocycles. The normalized spacial score (nSPS) is 20.9. The highest BCUT2D eigenvalue weighted by Gasteiger charge is 2.30. The van der Waals surface area contributed by atoms with E-state index in [1.165, 1.54) is 18.2 Å². The Morgan fingerprint density at radius 3 is 2.63 bits per heavy atom. The molecule has 0 spiro atoms. The summed E-state index contributed by atoms with van der Waals surface area (Å²) in [6.07, 6.45) is 5.39. The van der Waals surface area contributed by atoms with Gasteiger partial charge in [-0.2, -0.15) is 0 Å². The quantitative estimate of drug-likeness (QED) is 0.527. The van der Waals surface area contributed by atoms with Gasteiger partial charge in [-0.05, 0) is 61.7 Å². The van der Waals surface area contributed by atoms with Gasteiger partial charge in [0.2, 0.25) is 5.91 Å². The Morgan fingerprint density at radius 2 is 1.84 bits per heavy atom. The van der Waals surface area contributed by atoms with E-state index in [4.69, 9.17) is 16.3 Å². The summed E-state index contributed by atoms with van der Waals surface area (Å²) in [5.41, 5.74) is 1.94. The number of nitrogens with zero attached hydrogens (tertiary/aromatic N) is 3. The standard InChI is InChI=1S/C28H29ClFN5O3/c29-21-5-2-19(3-6-21)26-32-13-18(14-33-26)15-35-16-20-4-8-23(17-35)34-28(37)24-12-22(30)7-9-25(24)38-11-1-10-31-27(20)36/h2-3,5-7,9,12-14,20,23H,1,4,8,10-11,15-17H2,(H,31,36)(H,34,37)/t20-,23+/m0/s1. The summed E-state index contributed by atoms with van der Waals surface area (Å²) < 4.78 is 19.7. The van der Waals surface area contributed by atoms with Gasteiger partial charge in [0, 0.05) is 60.8 Å². The smallest absolute Gasteiger partial charge is 0.255 e. The number of likely N-dealkylation sites (tertiary alicyclic amines) is 1. The van der Waals surface area contributed by atoms with E-state index in [0.717, 1.165) is 11.1 Å². The number of rotatable bonds is 3. The second-order valence-electron chi connectivity index (χ2n) is 9.69. The van der Waals surface area contributed by atoms with E-state index >= 15 is 0 Å². The Morgan fingerprint density at radius 1 is 1.05 bits per heavy atom. The van der Waals surface area contributed by atoms with E-state index in [1.54, 1.807) is 24.5 Å². The predicted molar refractivity (Wildman–Crippen MR) is 141 cm³/mol. The maximum absolute atomic E-state index is 14.0. The number of fused-ring (bicyclic) bond motifs is 4. The number of carbonyl (C=O) groups excluding carboxylic acids is 2. The van der Waals surface area contributed by atoms with Gasteiger partial charge in [0.05, 0.1) is 18.1 Å². The van der Waals surface area contributed by atoms with Crippen LogP contribution in [0.2, 0.25) is 5.02 Å². The molecule has 2 aliphatic rings. The van der Waals surface area contributed by atoms with Crippen molar-refractivity contribution in [1.82, 2.24) is 25.5 Å². The zero-order chi connectivity index (χ0) is 26.5. The molecule has 0 saturated carbocycles.